The minimum atomic E-state index is 0.545. The Morgan fingerprint density at radius 1 is 1.14 bits per heavy atom. The Morgan fingerprint density at radius 2 is 2.04 bits per heavy atom. The van der Waals surface area contributed by atoms with Gasteiger partial charge in [-0.05, 0) is 49.0 Å². The summed E-state index contributed by atoms with van der Waals surface area (Å²) in [6.07, 6.45) is 1.02. The lowest BCUT2D eigenvalue weighted by Crippen LogP contribution is -2.24. The Kier molecular flexibility index (Phi) is 5.71. The molecule has 0 fully saturated rings. The summed E-state index contributed by atoms with van der Waals surface area (Å²) >= 11 is 8.08. The lowest BCUT2D eigenvalue weighted by molar-refractivity contribution is 0.232. The molecule has 0 saturated carbocycles. The highest BCUT2D eigenvalue weighted by Crippen LogP contribution is 2.25. The summed E-state index contributed by atoms with van der Waals surface area (Å²) in [6, 6.07) is 12.3. The van der Waals surface area contributed by atoms with Crippen LogP contribution in [-0.4, -0.2) is 26.6 Å². The first-order valence-electron chi connectivity index (χ1n) is 9.27. The standard InChI is InChI=1S/C21H21ClN4OS/c1-3-8-26(13-19-24-25-21(27-19)18-5-4-9-28-18)12-16-11-15-7-6-14(2)10-17(15)23-20(16)22/h4-7,9-11H,3,8,12-13H2,1-2H3. The topological polar surface area (TPSA) is 55.1 Å². The van der Waals surface area contributed by atoms with E-state index < -0.39 is 0 Å². The second-order valence-corrected chi connectivity index (χ2v) is 8.13. The molecule has 28 heavy (non-hydrogen) atoms. The summed E-state index contributed by atoms with van der Waals surface area (Å²) in [6.45, 7) is 6.37. The van der Waals surface area contributed by atoms with Crippen molar-refractivity contribution >= 4 is 33.8 Å². The van der Waals surface area contributed by atoms with Crippen LogP contribution >= 0.6 is 22.9 Å². The molecule has 0 bridgehead atoms. The normalized spacial score (nSPS) is 11.6. The van der Waals surface area contributed by atoms with Crippen molar-refractivity contribution in [1.82, 2.24) is 20.1 Å². The van der Waals surface area contributed by atoms with Gasteiger partial charge in [-0.2, -0.15) is 0 Å². The van der Waals surface area contributed by atoms with Crippen molar-refractivity contribution in [2.45, 2.75) is 33.4 Å². The van der Waals surface area contributed by atoms with Crippen LogP contribution in [0.2, 0.25) is 5.15 Å². The van der Waals surface area contributed by atoms with Crippen molar-refractivity contribution in [3.63, 3.8) is 0 Å². The lowest BCUT2D eigenvalue weighted by Gasteiger charge is -2.20. The largest absolute Gasteiger partial charge is 0.419 e. The van der Waals surface area contributed by atoms with E-state index in [9.17, 15) is 0 Å². The van der Waals surface area contributed by atoms with Crippen molar-refractivity contribution < 1.29 is 4.42 Å². The lowest BCUT2D eigenvalue weighted by atomic mass is 10.1. The molecule has 0 radical (unpaired) electrons. The van der Waals surface area contributed by atoms with Gasteiger partial charge >= 0.3 is 0 Å². The van der Waals surface area contributed by atoms with E-state index in [2.05, 4.69) is 58.2 Å². The molecule has 0 aliphatic heterocycles. The highest BCUT2D eigenvalue weighted by molar-refractivity contribution is 7.13. The summed E-state index contributed by atoms with van der Waals surface area (Å²) in [5, 5.41) is 12.0. The maximum absolute atomic E-state index is 6.49. The minimum absolute atomic E-state index is 0.545. The first-order valence-corrected chi connectivity index (χ1v) is 10.5. The second-order valence-electron chi connectivity index (χ2n) is 6.82. The Hall–Kier alpha value is -2.28. The van der Waals surface area contributed by atoms with E-state index in [0.29, 0.717) is 30.0 Å². The van der Waals surface area contributed by atoms with Gasteiger partial charge in [0.25, 0.3) is 5.89 Å². The third-order valence-corrected chi connectivity index (χ3v) is 5.68. The minimum Gasteiger partial charge on any atom is -0.419 e. The van der Waals surface area contributed by atoms with Crippen LogP contribution in [0.25, 0.3) is 21.7 Å². The maximum Gasteiger partial charge on any atom is 0.257 e. The van der Waals surface area contributed by atoms with Crippen LogP contribution in [0, 0.1) is 6.92 Å². The number of aryl methyl sites for hydroxylation is 1. The molecule has 0 spiro atoms. The van der Waals surface area contributed by atoms with Gasteiger partial charge < -0.3 is 4.42 Å². The number of fused-ring (bicyclic) bond motifs is 1. The number of thiophene rings is 1. The van der Waals surface area contributed by atoms with E-state index in [4.69, 9.17) is 16.0 Å². The molecule has 0 unspecified atom stereocenters. The van der Waals surface area contributed by atoms with Crippen molar-refractivity contribution in [3.8, 4) is 10.8 Å². The molecule has 3 aromatic heterocycles. The second kappa shape index (κ2) is 8.39. The van der Waals surface area contributed by atoms with Crippen LogP contribution in [0.5, 0.6) is 0 Å². The van der Waals surface area contributed by atoms with Crippen LogP contribution in [0.4, 0.5) is 0 Å². The molecular weight excluding hydrogens is 392 g/mol. The van der Waals surface area contributed by atoms with Crippen LogP contribution in [0.3, 0.4) is 0 Å². The molecular formula is C21H21ClN4OS. The number of hydrogen-bond acceptors (Lipinski definition) is 6. The quantitative estimate of drug-likeness (QED) is 0.363. The average molecular weight is 413 g/mol. The van der Waals surface area contributed by atoms with E-state index in [1.54, 1.807) is 11.3 Å². The smallest absolute Gasteiger partial charge is 0.257 e. The molecule has 5 nitrogen and oxygen atoms in total. The third kappa shape index (κ3) is 4.24. The summed E-state index contributed by atoms with van der Waals surface area (Å²) in [7, 11) is 0. The Morgan fingerprint density at radius 3 is 2.82 bits per heavy atom. The predicted molar refractivity (Wildman–Crippen MR) is 114 cm³/mol. The zero-order valence-electron chi connectivity index (χ0n) is 15.9. The van der Waals surface area contributed by atoms with Crippen molar-refractivity contribution in [1.29, 1.82) is 0 Å². The number of benzene rings is 1. The number of aromatic nitrogens is 3. The first-order chi connectivity index (χ1) is 13.6. The molecule has 7 heteroatoms. The summed E-state index contributed by atoms with van der Waals surface area (Å²) in [5.41, 5.74) is 3.10. The fraction of sp³-hybridized carbons (Fsp3) is 0.286. The SMILES string of the molecule is CCCN(Cc1nnc(-c2cccs2)o1)Cc1cc2ccc(C)cc2nc1Cl. The van der Waals surface area contributed by atoms with Crippen LogP contribution in [0.15, 0.2) is 46.2 Å². The molecule has 144 valence electrons. The highest BCUT2D eigenvalue weighted by atomic mass is 35.5. The Balaban J connectivity index is 1.54. The van der Waals surface area contributed by atoms with Gasteiger partial charge in [-0.15, -0.1) is 21.5 Å². The van der Waals surface area contributed by atoms with Crippen LogP contribution in [-0.2, 0) is 13.1 Å². The van der Waals surface area contributed by atoms with Crippen molar-refractivity contribution in [2.75, 3.05) is 6.54 Å². The molecule has 4 rings (SSSR count). The number of halogens is 1. The van der Waals surface area contributed by atoms with Crippen LogP contribution in [0.1, 0.15) is 30.4 Å². The number of rotatable bonds is 7. The van der Waals surface area contributed by atoms with Crippen LogP contribution < -0.4 is 0 Å². The number of nitrogens with zero attached hydrogens (tertiary/aromatic N) is 4. The molecule has 0 saturated heterocycles. The zero-order chi connectivity index (χ0) is 19.5. The van der Waals surface area contributed by atoms with Gasteiger partial charge in [-0.3, -0.25) is 4.90 Å². The van der Waals surface area contributed by atoms with Crippen molar-refractivity contribution in [2.24, 2.45) is 0 Å². The molecule has 1 aromatic carbocycles. The molecule has 0 aliphatic carbocycles. The highest BCUT2D eigenvalue weighted by Gasteiger charge is 2.15. The van der Waals surface area contributed by atoms with Gasteiger partial charge in [0.05, 0.1) is 16.9 Å². The zero-order valence-corrected chi connectivity index (χ0v) is 17.4. The summed E-state index contributed by atoms with van der Waals surface area (Å²) in [4.78, 5) is 7.83. The first kappa shape index (κ1) is 19.1. The number of pyridine rings is 1. The predicted octanol–water partition coefficient (Wildman–Crippen LogP) is 5.72. The molecule has 0 atom stereocenters. The maximum atomic E-state index is 6.49. The monoisotopic (exact) mass is 412 g/mol. The third-order valence-electron chi connectivity index (χ3n) is 4.49. The van der Waals surface area contributed by atoms with E-state index in [0.717, 1.165) is 34.3 Å². The van der Waals surface area contributed by atoms with Crippen molar-refractivity contribution in [3.05, 3.63) is 63.9 Å². The van der Waals surface area contributed by atoms with Gasteiger partial charge in [0, 0.05) is 17.5 Å². The van der Waals surface area contributed by atoms with E-state index in [1.807, 2.05) is 17.5 Å². The average Bonchev–Trinajstić information content (AvgIpc) is 3.34. The van der Waals surface area contributed by atoms with E-state index in [-0.39, 0.29) is 0 Å². The molecule has 0 amide bonds. The Bertz CT molecular complexity index is 1080. The van der Waals surface area contributed by atoms with Gasteiger partial charge in [0.2, 0.25) is 5.89 Å². The molecule has 0 N–H and O–H groups in total. The molecule has 4 aromatic rings. The number of hydrogen-bond donors (Lipinski definition) is 0. The molecule has 0 aliphatic rings. The summed E-state index contributed by atoms with van der Waals surface area (Å²) in [5.74, 6) is 1.18. The summed E-state index contributed by atoms with van der Waals surface area (Å²) < 4.78 is 5.85. The van der Waals surface area contributed by atoms with Gasteiger partial charge in [-0.25, -0.2) is 4.98 Å². The van der Waals surface area contributed by atoms with E-state index >= 15 is 0 Å². The Labute approximate surface area is 173 Å². The van der Waals surface area contributed by atoms with Gasteiger partial charge in [-0.1, -0.05) is 36.7 Å². The fourth-order valence-corrected chi connectivity index (χ4v) is 4.04. The molecule has 3 heterocycles. The fourth-order valence-electron chi connectivity index (χ4n) is 3.19. The van der Waals surface area contributed by atoms with E-state index in [1.165, 1.54) is 5.56 Å². The van der Waals surface area contributed by atoms with Gasteiger partial charge in [0.1, 0.15) is 5.15 Å². The van der Waals surface area contributed by atoms with Gasteiger partial charge in [0.15, 0.2) is 0 Å².